The number of β-amino-alcohol motifs (C(OH)–C–C–N with tert-alkyl or cyclic N) is 1. The first kappa shape index (κ1) is 10.5. The summed E-state index contributed by atoms with van der Waals surface area (Å²) >= 11 is 3.25. The van der Waals surface area contributed by atoms with Gasteiger partial charge in [0.1, 0.15) is 0 Å². The number of halogens is 1. The lowest BCUT2D eigenvalue weighted by Crippen LogP contribution is -2.37. The fourth-order valence-corrected chi connectivity index (χ4v) is 1.81. The zero-order valence-corrected chi connectivity index (χ0v) is 8.40. The van der Waals surface area contributed by atoms with E-state index in [0.29, 0.717) is 13.0 Å². The first-order valence-electron chi connectivity index (χ1n) is 3.83. The molecule has 2 N–H and O–H groups in total. The number of hydrogen-bond donors (Lipinski definition) is 2. The summed E-state index contributed by atoms with van der Waals surface area (Å²) in [7, 11) is 0. The van der Waals surface area contributed by atoms with Gasteiger partial charge < -0.3 is 15.1 Å². The number of rotatable bonds is 3. The molecule has 0 bridgehead atoms. The lowest BCUT2D eigenvalue weighted by atomic mass is 10.3. The molecule has 1 aliphatic heterocycles. The van der Waals surface area contributed by atoms with Crippen LogP contribution in [-0.4, -0.2) is 51.0 Å². The molecule has 1 rings (SSSR count). The van der Waals surface area contributed by atoms with E-state index < -0.39 is 12.1 Å². The largest absolute Gasteiger partial charge is 0.479 e. The molecular weight excluding hydrogens is 242 g/mol. The quantitative estimate of drug-likeness (QED) is 0.659. The van der Waals surface area contributed by atoms with Crippen LogP contribution in [-0.2, 0) is 9.59 Å². The number of carboxylic acids is 1. The van der Waals surface area contributed by atoms with Crippen molar-refractivity contribution in [1.29, 1.82) is 0 Å². The van der Waals surface area contributed by atoms with Crippen LogP contribution in [0.1, 0.15) is 6.42 Å². The third-order valence-electron chi connectivity index (χ3n) is 1.85. The second-order valence-electron chi connectivity index (χ2n) is 2.95. The first-order chi connectivity index (χ1) is 6.00. The topological polar surface area (TPSA) is 77.8 Å². The Balaban J connectivity index is 2.46. The molecule has 2 atom stereocenters. The van der Waals surface area contributed by atoms with Gasteiger partial charge in [-0.3, -0.25) is 4.79 Å². The Morgan fingerprint density at radius 1 is 1.77 bits per heavy atom. The van der Waals surface area contributed by atoms with Crippen molar-refractivity contribution in [3.05, 3.63) is 0 Å². The molecule has 0 aromatic rings. The number of carbonyl (C=O) groups excluding carboxylic acids is 1. The molecule has 0 aliphatic carbocycles. The number of hydrogen-bond acceptors (Lipinski definition) is 3. The highest BCUT2D eigenvalue weighted by Gasteiger charge is 2.30. The molecule has 13 heavy (non-hydrogen) atoms. The summed E-state index contributed by atoms with van der Waals surface area (Å²) in [4.78, 5) is 22.8. The van der Waals surface area contributed by atoms with Gasteiger partial charge in [0.25, 0.3) is 0 Å². The summed E-state index contributed by atoms with van der Waals surface area (Å²) in [5, 5.41) is 17.4. The second-order valence-corrected chi connectivity index (χ2v) is 4.25. The van der Waals surface area contributed by atoms with Crippen LogP contribution >= 0.6 is 15.9 Å². The Labute approximate surface area is 83.5 Å². The molecule has 0 radical (unpaired) electrons. The Morgan fingerprint density at radius 3 is 2.77 bits per heavy atom. The second kappa shape index (κ2) is 4.06. The molecule has 1 fully saturated rings. The number of likely N-dealkylation sites (tertiary alicyclic amines) is 1. The maximum Gasteiger partial charge on any atom is 0.334 e. The number of aliphatic hydroxyl groups excluding tert-OH is 1. The summed E-state index contributed by atoms with van der Waals surface area (Å²) < 4.78 is 0. The lowest BCUT2D eigenvalue weighted by Gasteiger charge is -2.17. The minimum Gasteiger partial charge on any atom is -0.479 e. The smallest absolute Gasteiger partial charge is 0.334 e. The Bertz CT molecular complexity index is 233. The number of nitrogens with zero attached hydrogens (tertiary/aromatic N) is 1. The van der Waals surface area contributed by atoms with Crippen LogP contribution in [0.4, 0.5) is 0 Å². The van der Waals surface area contributed by atoms with Crippen LogP contribution in [0.2, 0.25) is 0 Å². The molecule has 74 valence electrons. The van der Waals surface area contributed by atoms with E-state index in [-0.39, 0.29) is 17.3 Å². The van der Waals surface area contributed by atoms with Gasteiger partial charge in [-0.2, -0.15) is 0 Å². The van der Waals surface area contributed by atoms with Crippen molar-refractivity contribution in [2.24, 2.45) is 0 Å². The van der Waals surface area contributed by atoms with Crippen molar-refractivity contribution in [1.82, 2.24) is 4.90 Å². The van der Waals surface area contributed by atoms with Crippen LogP contribution in [0, 0.1) is 0 Å². The molecule has 0 spiro atoms. The van der Waals surface area contributed by atoms with E-state index in [1.165, 1.54) is 4.90 Å². The van der Waals surface area contributed by atoms with Gasteiger partial charge in [0.15, 0.2) is 6.10 Å². The fraction of sp³-hybridized carbons (Fsp3) is 0.714. The monoisotopic (exact) mass is 251 g/mol. The molecule has 5 nitrogen and oxygen atoms in total. The number of carbonyl (C=O) groups is 2. The van der Waals surface area contributed by atoms with Crippen molar-refractivity contribution in [2.75, 3.05) is 13.1 Å². The van der Waals surface area contributed by atoms with Crippen LogP contribution in [0.25, 0.3) is 0 Å². The van der Waals surface area contributed by atoms with E-state index in [9.17, 15) is 9.59 Å². The molecular formula is C7H10BrNO4. The highest BCUT2D eigenvalue weighted by molar-refractivity contribution is 9.09. The van der Waals surface area contributed by atoms with Crippen molar-refractivity contribution < 1.29 is 19.8 Å². The Morgan fingerprint density at radius 2 is 2.38 bits per heavy atom. The Hall–Kier alpha value is -0.620. The number of amides is 1. The fourth-order valence-electron chi connectivity index (χ4n) is 1.19. The maximum absolute atomic E-state index is 11.1. The summed E-state index contributed by atoms with van der Waals surface area (Å²) in [5.74, 6) is -1.42. The zero-order chi connectivity index (χ0) is 10.0. The van der Waals surface area contributed by atoms with E-state index in [0.717, 1.165) is 0 Å². The van der Waals surface area contributed by atoms with Gasteiger partial charge in [0.2, 0.25) is 5.91 Å². The normalized spacial score (nSPS) is 24.9. The van der Waals surface area contributed by atoms with Gasteiger partial charge in [0, 0.05) is 17.8 Å². The van der Waals surface area contributed by atoms with Crippen LogP contribution in [0.3, 0.4) is 0 Å². The Kier molecular flexibility index (Phi) is 3.27. The zero-order valence-electron chi connectivity index (χ0n) is 6.81. The molecule has 6 heteroatoms. The van der Waals surface area contributed by atoms with Gasteiger partial charge >= 0.3 is 5.97 Å². The SMILES string of the molecule is O=C(O)C(O)CN1CC(Br)CC1=O. The number of aliphatic carboxylic acids is 1. The van der Waals surface area contributed by atoms with Crippen LogP contribution in [0.15, 0.2) is 0 Å². The van der Waals surface area contributed by atoms with Crippen molar-refractivity contribution >= 4 is 27.8 Å². The first-order valence-corrected chi connectivity index (χ1v) is 4.75. The van der Waals surface area contributed by atoms with Gasteiger partial charge in [-0.05, 0) is 0 Å². The minimum absolute atomic E-state index is 0.0704. The van der Waals surface area contributed by atoms with E-state index in [4.69, 9.17) is 10.2 Å². The summed E-state index contributed by atoms with van der Waals surface area (Å²) in [6.45, 7) is 0.333. The van der Waals surface area contributed by atoms with Gasteiger partial charge in [-0.1, -0.05) is 15.9 Å². The van der Waals surface area contributed by atoms with E-state index in [1.54, 1.807) is 0 Å². The highest BCUT2D eigenvalue weighted by atomic mass is 79.9. The van der Waals surface area contributed by atoms with E-state index >= 15 is 0 Å². The lowest BCUT2D eigenvalue weighted by molar-refractivity contribution is -0.148. The van der Waals surface area contributed by atoms with Crippen LogP contribution < -0.4 is 0 Å². The van der Waals surface area contributed by atoms with Crippen LogP contribution in [0.5, 0.6) is 0 Å². The molecule has 1 saturated heterocycles. The van der Waals surface area contributed by atoms with E-state index in [1.807, 2.05) is 0 Å². The van der Waals surface area contributed by atoms with Gasteiger partial charge in [0.05, 0.1) is 6.54 Å². The predicted octanol–water partition coefficient (Wildman–Crippen LogP) is -0.572. The highest BCUT2D eigenvalue weighted by Crippen LogP contribution is 2.17. The van der Waals surface area contributed by atoms with Gasteiger partial charge in [-0.15, -0.1) is 0 Å². The molecule has 0 saturated carbocycles. The van der Waals surface area contributed by atoms with E-state index in [2.05, 4.69) is 15.9 Å². The summed E-state index contributed by atoms with van der Waals surface area (Å²) in [5.41, 5.74) is 0. The number of alkyl halides is 1. The average molecular weight is 252 g/mol. The van der Waals surface area contributed by atoms with Crippen molar-refractivity contribution in [2.45, 2.75) is 17.4 Å². The number of aliphatic hydroxyl groups is 1. The van der Waals surface area contributed by atoms with Crippen molar-refractivity contribution in [3.8, 4) is 0 Å². The molecule has 0 aromatic carbocycles. The molecule has 0 aromatic heterocycles. The predicted molar refractivity (Wildman–Crippen MR) is 47.6 cm³/mol. The van der Waals surface area contributed by atoms with Gasteiger partial charge in [-0.25, -0.2) is 4.79 Å². The molecule has 1 heterocycles. The minimum atomic E-state index is -1.48. The third kappa shape index (κ3) is 2.67. The standard InChI is InChI=1S/C7H10BrNO4/c8-4-1-6(11)9(2-4)3-5(10)7(12)13/h4-5,10H,1-3H2,(H,12,13). The number of carboxylic acid groups (broad SMARTS) is 1. The summed E-state index contributed by atoms with van der Waals surface area (Å²) in [6, 6.07) is 0. The average Bonchev–Trinajstić information content (AvgIpc) is 2.30. The summed E-state index contributed by atoms with van der Waals surface area (Å²) in [6.07, 6.45) is -1.12. The molecule has 1 aliphatic rings. The maximum atomic E-state index is 11.1. The molecule has 1 amide bonds. The third-order valence-corrected chi connectivity index (χ3v) is 2.46. The van der Waals surface area contributed by atoms with Crippen molar-refractivity contribution in [3.63, 3.8) is 0 Å². The molecule has 2 unspecified atom stereocenters.